The third kappa shape index (κ3) is 5.38. The Kier molecular flexibility index (Phi) is 7.02. The van der Waals surface area contributed by atoms with Gasteiger partial charge in [0.25, 0.3) is 0 Å². The van der Waals surface area contributed by atoms with Crippen LogP contribution in [0.3, 0.4) is 0 Å². The van der Waals surface area contributed by atoms with Crippen molar-refractivity contribution in [2.75, 3.05) is 31.5 Å². The zero-order chi connectivity index (χ0) is 23.5. The molecule has 2 heterocycles. The van der Waals surface area contributed by atoms with Gasteiger partial charge in [0.2, 0.25) is 17.6 Å². The minimum absolute atomic E-state index is 0.0768. The number of nitrogens with zero attached hydrogens (tertiary/aromatic N) is 4. The molecule has 2 atom stereocenters. The molecule has 0 saturated carbocycles. The quantitative estimate of drug-likeness (QED) is 0.570. The summed E-state index contributed by atoms with van der Waals surface area (Å²) in [4.78, 5) is 21.4. The molecule has 33 heavy (non-hydrogen) atoms. The van der Waals surface area contributed by atoms with E-state index in [1.807, 2.05) is 24.0 Å². The van der Waals surface area contributed by atoms with E-state index >= 15 is 0 Å². The smallest absolute Gasteiger partial charge is 0.244 e. The summed E-state index contributed by atoms with van der Waals surface area (Å²) in [7, 11) is 0. The Balaban J connectivity index is 1.32. The fourth-order valence-corrected chi connectivity index (χ4v) is 3.90. The van der Waals surface area contributed by atoms with Gasteiger partial charge in [-0.2, -0.15) is 4.98 Å². The molecule has 0 spiro atoms. The topological polar surface area (TPSA) is 74.5 Å². The second-order valence-electron chi connectivity index (χ2n) is 8.01. The molecule has 0 unspecified atom stereocenters. The number of piperazine rings is 1. The Morgan fingerprint density at radius 2 is 1.70 bits per heavy atom. The lowest BCUT2D eigenvalue weighted by Crippen LogP contribution is -2.53. The highest BCUT2D eigenvalue weighted by molar-refractivity contribution is 6.30. The van der Waals surface area contributed by atoms with E-state index in [1.165, 1.54) is 6.07 Å². The molecule has 10 heteroatoms. The van der Waals surface area contributed by atoms with Crippen molar-refractivity contribution in [3.05, 3.63) is 65.0 Å². The van der Waals surface area contributed by atoms with Crippen LogP contribution in [-0.4, -0.2) is 58.1 Å². The van der Waals surface area contributed by atoms with Crippen LogP contribution in [0.5, 0.6) is 0 Å². The van der Waals surface area contributed by atoms with E-state index in [1.54, 1.807) is 19.1 Å². The highest BCUT2D eigenvalue weighted by atomic mass is 35.5. The molecule has 7 nitrogen and oxygen atoms in total. The van der Waals surface area contributed by atoms with Crippen LogP contribution in [-0.2, 0) is 4.79 Å². The normalized spacial score (nSPS) is 17.0. The highest BCUT2D eigenvalue weighted by Gasteiger charge is 2.30. The van der Waals surface area contributed by atoms with Gasteiger partial charge in [0, 0.05) is 48.5 Å². The second kappa shape index (κ2) is 9.94. The van der Waals surface area contributed by atoms with Crippen LogP contribution in [0.15, 0.2) is 47.0 Å². The monoisotopic (exact) mass is 475 g/mol. The molecule has 0 aliphatic carbocycles. The first-order valence-corrected chi connectivity index (χ1v) is 11.0. The Morgan fingerprint density at radius 1 is 1.03 bits per heavy atom. The molecule has 0 bridgehead atoms. The van der Waals surface area contributed by atoms with Crippen molar-refractivity contribution < 1.29 is 18.1 Å². The van der Waals surface area contributed by atoms with E-state index in [2.05, 4.69) is 20.4 Å². The van der Waals surface area contributed by atoms with Crippen LogP contribution >= 0.6 is 11.6 Å². The fourth-order valence-electron chi connectivity index (χ4n) is 3.78. The van der Waals surface area contributed by atoms with Gasteiger partial charge in [0.1, 0.15) is 0 Å². The van der Waals surface area contributed by atoms with E-state index in [4.69, 9.17) is 16.1 Å². The molecule has 1 fully saturated rings. The van der Waals surface area contributed by atoms with Gasteiger partial charge in [-0.3, -0.25) is 14.6 Å². The van der Waals surface area contributed by atoms with Gasteiger partial charge in [-0.25, -0.2) is 8.78 Å². The molecule has 3 aromatic rings. The first-order valence-electron chi connectivity index (χ1n) is 10.7. The van der Waals surface area contributed by atoms with Gasteiger partial charge in [0.15, 0.2) is 11.6 Å². The van der Waals surface area contributed by atoms with Crippen LogP contribution in [0.1, 0.15) is 25.8 Å². The summed E-state index contributed by atoms with van der Waals surface area (Å²) < 4.78 is 32.0. The molecule has 0 radical (unpaired) electrons. The summed E-state index contributed by atoms with van der Waals surface area (Å²) >= 11 is 5.93. The van der Waals surface area contributed by atoms with Crippen molar-refractivity contribution in [2.24, 2.45) is 0 Å². The van der Waals surface area contributed by atoms with E-state index in [0.29, 0.717) is 42.9 Å². The molecule has 4 rings (SSSR count). The highest BCUT2D eigenvalue weighted by Crippen LogP contribution is 2.25. The van der Waals surface area contributed by atoms with Crippen LogP contribution in [0.4, 0.5) is 14.5 Å². The third-order valence-electron chi connectivity index (χ3n) is 5.91. The maximum Gasteiger partial charge on any atom is 0.244 e. The van der Waals surface area contributed by atoms with E-state index < -0.39 is 17.7 Å². The summed E-state index contributed by atoms with van der Waals surface area (Å²) in [6, 6.07) is 10.0. The van der Waals surface area contributed by atoms with Gasteiger partial charge < -0.3 is 9.84 Å². The number of hydrogen-bond acceptors (Lipinski definition) is 6. The Bertz CT molecular complexity index is 1120. The van der Waals surface area contributed by atoms with E-state index in [-0.39, 0.29) is 17.6 Å². The zero-order valence-corrected chi connectivity index (χ0v) is 19.0. The summed E-state index contributed by atoms with van der Waals surface area (Å²) in [5.41, 5.74) is 1.05. The molecule has 1 aliphatic heterocycles. The molecule has 1 amide bonds. The predicted molar refractivity (Wildman–Crippen MR) is 121 cm³/mol. The molecule has 1 saturated heterocycles. The van der Waals surface area contributed by atoms with Crippen molar-refractivity contribution in [3.63, 3.8) is 0 Å². The first kappa shape index (κ1) is 23.3. The number of anilines is 1. The molecular formula is C23H24ClF2N5O2. The van der Waals surface area contributed by atoms with Gasteiger partial charge >= 0.3 is 0 Å². The van der Waals surface area contributed by atoms with E-state index in [9.17, 15) is 13.6 Å². The Morgan fingerprint density at radius 3 is 2.36 bits per heavy atom. The summed E-state index contributed by atoms with van der Waals surface area (Å²) in [6.07, 6.45) is 0. The number of nitrogens with one attached hydrogen (secondary N) is 1. The fraction of sp³-hybridized carbons (Fsp3) is 0.348. The van der Waals surface area contributed by atoms with Crippen LogP contribution < -0.4 is 5.32 Å². The van der Waals surface area contributed by atoms with E-state index in [0.717, 1.165) is 17.7 Å². The van der Waals surface area contributed by atoms with Crippen molar-refractivity contribution in [1.29, 1.82) is 0 Å². The molecule has 1 N–H and O–H groups in total. The SMILES string of the molecule is C[C@H](C(=O)Nc1ccc(F)c(F)c1)N1CCN([C@H](C)c2nc(-c3ccc(Cl)cc3)no2)CC1. The maximum absolute atomic E-state index is 13.4. The lowest BCUT2D eigenvalue weighted by molar-refractivity contribution is -0.121. The lowest BCUT2D eigenvalue weighted by Gasteiger charge is -2.39. The average Bonchev–Trinajstić information content (AvgIpc) is 3.31. The predicted octanol–water partition coefficient (Wildman–Crippen LogP) is 4.37. The summed E-state index contributed by atoms with van der Waals surface area (Å²) in [6.45, 7) is 6.55. The standard InChI is InChI=1S/C23H24ClF2N5O2/c1-14(22(32)27-18-7-8-19(25)20(26)13-18)30-9-11-31(12-10-30)15(2)23-28-21(29-33-23)16-3-5-17(24)6-4-16/h3-8,13-15H,9-12H2,1-2H3,(H,27,32)/t14-,15-/m1/s1. The average molecular weight is 476 g/mol. The van der Waals surface area contributed by atoms with Gasteiger partial charge in [-0.1, -0.05) is 16.8 Å². The number of carbonyl (C=O) groups is 1. The molecule has 174 valence electrons. The van der Waals surface area contributed by atoms with Crippen molar-refractivity contribution in [3.8, 4) is 11.4 Å². The largest absolute Gasteiger partial charge is 0.337 e. The number of rotatable bonds is 6. The molecule has 1 aliphatic rings. The second-order valence-corrected chi connectivity index (χ2v) is 8.44. The van der Waals surface area contributed by atoms with Crippen molar-refractivity contribution >= 4 is 23.2 Å². The maximum atomic E-state index is 13.4. The summed E-state index contributed by atoms with van der Waals surface area (Å²) in [5.74, 6) is -1.18. The minimum atomic E-state index is -0.997. The summed E-state index contributed by atoms with van der Waals surface area (Å²) in [5, 5.41) is 7.37. The van der Waals surface area contributed by atoms with Gasteiger partial charge in [-0.05, 0) is 50.2 Å². The molecule has 2 aromatic carbocycles. The Hall–Kier alpha value is -2.88. The zero-order valence-electron chi connectivity index (χ0n) is 18.3. The number of benzene rings is 2. The van der Waals surface area contributed by atoms with Crippen LogP contribution in [0.2, 0.25) is 5.02 Å². The first-order chi connectivity index (χ1) is 15.8. The Labute approximate surface area is 195 Å². The molecular weight excluding hydrogens is 452 g/mol. The van der Waals surface area contributed by atoms with Gasteiger partial charge in [0.05, 0.1) is 12.1 Å². The lowest BCUT2D eigenvalue weighted by atomic mass is 10.1. The minimum Gasteiger partial charge on any atom is -0.337 e. The number of amides is 1. The van der Waals surface area contributed by atoms with Crippen molar-refractivity contribution in [2.45, 2.75) is 25.9 Å². The number of carbonyl (C=O) groups excluding carboxylic acids is 1. The van der Waals surface area contributed by atoms with Crippen molar-refractivity contribution in [1.82, 2.24) is 19.9 Å². The molecule has 1 aromatic heterocycles. The number of halogens is 3. The van der Waals surface area contributed by atoms with Crippen LogP contribution in [0, 0.1) is 11.6 Å². The number of aromatic nitrogens is 2. The van der Waals surface area contributed by atoms with Gasteiger partial charge in [-0.15, -0.1) is 0 Å². The number of hydrogen-bond donors (Lipinski definition) is 1. The third-order valence-corrected chi connectivity index (χ3v) is 6.16. The van der Waals surface area contributed by atoms with Crippen LogP contribution in [0.25, 0.3) is 11.4 Å².